The van der Waals surface area contributed by atoms with Gasteiger partial charge in [-0.25, -0.2) is 9.67 Å². The van der Waals surface area contributed by atoms with Crippen molar-refractivity contribution in [2.45, 2.75) is 38.5 Å². The number of rotatable bonds is 6. The zero-order valence-electron chi connectivity index (χ0n) is 17.3. The van der Waals surface area contributed by atoms with E-state index in [1.54, 1.807) is 11.0 Å². The SMILES string of the molecule is CC/C=C(/C1=C(NC)OC(N)=C(C#N)C1c1ccc(-n2cncn2)cc1)C1CCC1. The van der Waals surface area contributed by atoms with Crippen molar-refractivity contribution in [3.8, 4) is 11.8 Å². The molecule has 1 saturated carbocycles. The Bertz CT molecular complexity index is 1040. The van der Waals surface area contributed by atoms with E-state index in [4.69, 9.17) is 10.5 Å². The number of benzene rings is 1. The highest BCUT2D eigenvalue weighted by atomic mass is 16.5. The Morgan fingerprint density at radius 2 is 2.13 bits per heavy atom. The molecule has 1 aliphatic heterocycles. The molecule has 0 amide bonds. The van der Waals surface area contributed by atoms with E-state index in [9.17, 15) is 5.26 Å². The predicted molar refractivity (Wildman–Crippen MR) is 114 cm³/mol. The van der Waals surface area contributed by atoms with Gasteiger partial charge in [-0.2, -0.15) is 10.4 Å². The largest absolute Gasteiger partial charge is 0.424 e. The van der Waals surface area contributed by atoms with Crippen molar-refractivity contribution in [3.63, 3.8) is 0 Å². The number of nitrogens with two attached hydrogens (primary N) is 1. The Balaban J connectivity index is 1.83. The van der Waals surface area contributed by atoms with Crippen molar-refractivity contribution in [2.24, 2.45) is 11.7 Å². The highest BCUT2D eigenvalue weighted by molar-refractivity contribution is 5.56. The van der Waals surface area contributed by atoms with E-state index in [0.29, 0.717) is 17.4 Å². The highest BCUT2D eigenvalue weighted by Gasteiger charge is 2.37. The van der Waals surface area contributed by atoms with Gasteiger partial charge in [-0.05, 0) is 48.4 Å². The van der Waals surface area contributed by atoms with E-state index in [-0.39, 0.29) is 11.8 Å². The van der Waals surface area contributed by atoms with E-state index in [1.165, 1.54) is 18.3 Å². The van der Waals surface area contributed by atoms with Crippen LogP contribution in [0.3, 0.4) is 0 Å². The number of aromatic nitrogens is 3. The van der Waals surface area contributed by atoms with Crippen LogP contribution in [0.2, 0.25) is 0 Å². The van der Waals surface area contributed by atoms with Gasteiger partial charge in [0.2, 0.25) is 5.88 Å². The smallest absolute Gasteiger partial charge is 0.207 e. The standard InChI is InChI=1S/C23H26N6O/c1-3-5-18(15-6-4-7-15)21-20(19(12-24)22(25)30-23(21)26-2)16-8-10-17(11-9-16)29-14-27-13-28-29/h5,8-11,13-15,20,26H,3-4,6-7,25H2,1-2H3/b18-5+. The third-order valence-electron chi connectivity index (χ3n) is 5.84. The molecule has 1 fully saturated rings. The Kier molecular flexibility index (Phi) is 5.57. The van der Waals surface area contributed by atoms with Gasteiger partial charge in [0.25, 0.3) is 0 Å². The number of hydrogen-bond acceptors (Lipinski definition) is 6. The second-order valence-corrected chi connectivity index (χ2v) is 7.54. The van der Waals surface area contributed by atoms with Crippen molar-refractivity contribution in [1.82, 2.24) is 20.1 Å². The van der Waals surface area contributed by atoms with Crippen LogP contribution in [-0.2, 0) is 4.74 Å². The summed E-state index contributed by atoms with van der Waals surface area (Å²) in [5.41, 5.74) is 10.8. The molecule has 2 aromatic rings. The normalized spacial score (nSPS) is 19.9. The maximum Gasteiger partial charge on any atom is 0.207 e. The van der Waals surface area contributed by atoms with Crippen molar-refractivity contribution >= 4 is 0 Å². The number of ether oxygens (including phenoxy) is 1. The molecule has 4 rings (SSSR count). The van der Waals surface area contributed by atoms with Gasteiger partial charge < -0.3 is 15.8 Å². The van der Waals surface area contributed by atoms with Gasteiger partial charge in [-0.3, -0.25) is 0 Å². The molecule has 1 unspecified atom stereocenters. The van der Waals surface area contributed by atoms with Crippen LogP contribution < -0.4 is 11.1 Å². The van der Waals surface area contributed by atoms with Gasteiger partial charge in [0.15, 0.2) is 5.88 Å². The zero-order chi connectivity index (χ0) is 21.1. The molecule has 2 heterocycles. The third-order valence-corrected chi connectivity index (χ3v) is 5.84. The Labute approximate surface area is 176 Å². The molecule has 0 radical (unpaired) electrons. The number of nitriles is 1. The lowest BCUT2D eigenvalue weighted by molar-refractivity contribution is 0.253. The molecule has 0 saturated heterocycles. The van der Waals surface area contributed by atoms with Crippen LogP contribution in [-0.4, -0.2) is 21.8 Å². The quantitative estimate of drug-likeness (QED) is 0.765. The summed E-state index contributed by atoms with van der Waals surface area (Å²) in [7, 11) is 1.83. The molecule has 0 bridgehead atoms. The van der Waals surface area contributed by atoms with Crippen molar-refractivity contribution < 1.29 is 4.74 Å². The molecule has 0 spiro atoms. The van der Waals surface area contributed by atoms with Gasteiger partial charge in [0.1, 0.15) is 24.3 Å². The molecule has 7 heteroatoms. The monoisotopic (exact) mass is 402 g/mol. The lowest BCUT2D eigenvalue weighted by Gasteiger charge is -2.36. The summed E-state index contributed by atoms with van der Waals surface area (Å²) in [6, 6.07) is 10.3. The maximum absolute atomic E-state index is 9.94. The molecule has 7 nitrogen and oxygen atoms in total. The summed E-state index contributed by atoms with van der Waals surface area (Å²) in [5.74, 6) is 0.987. The van der Waals surface area contributed by atoms with Crippen LogP contribution in [0, 0.1) is 17.2 Å². The van der Waals surface area contributed by atoms with E-state index in [1.807, 2.05) is 31.3 Å². The first-order valence-corrected chi connectivity index (χ1v) is 10.3. The summed E-state index contributed by atoms with van der Waals surface area (Å²) < 4.78 is 7.58. The summed E-state index contributed by atoms with van der Waals surface area (Å²) in [4.78, 5) is 4.00. The number of nitrogens with one attached hydrogen (secondary N) is 1. The number of hydrogen-bond donors (Lipinski definition) is 2. The van der Waals surface area contributed by atoms with Crippen LogP contribution in [0.5, 0.6) is 0 Å². The van der Waals surface area contributed by atoms with Crippen molar-refractivity contribution in [2.75, 3.05) is 7.05 Å². The fraction of sp³-hybridized carbons (Fsp3) is 0.348. The molecule has 2 aliphatic rings. The topological polar surface area (TPSA) is 102 Å². The Morgan fingerprint density at radius 1 is 1.37 bits per heavy atom. The fourth-order valence-corrected chi connectivity index (χ4v) is 4.17. The minimum atomic E-state index is -0.283. The fourth-order valence-electron chi connectivity index (χ4n) is 4.17. The van der Waals surface area contributed by atoms with Crippen LogP contribution in [0.25, 0.3) is 5.69 Å². The van der Waals surface area contributed by atoms with E-state index in [2.05, 4.69) is 34.5 Å². The van der Waals surface area contributed by atoms with Gasteiger partial charge in [-0.15, -0.1) is 0 Å². The molecular weight excluding hydrogens is 376 g/mol. The average molecular weight is 403 g/mol. The van der Waals surface area contributed by atoms with Crippen molar-refractivity contribution in [3.05, 3.63) is 77.0 Å². The van der Waals surface area contributed by atoms with E-state index >= 15 is 0 Å². The van der Waals surface area contributed by atoms with Crippen LogP contribution >= 0.6 is 0 Å². The zero-order valence-corrected chi connectivity index (χ0v) is 17.3. The van der Waals surface area contributed by atoms with Crippen molar-refractivity contribution in [1.29, 1.82) is 5.26 Å². The number of allylic oxidation sites excluding steroid dienone is 4. The summed E-state index contributed by atoms with van der Waals surface area (Å²) in [5, 5.41) is 17.3. The van der Waals surface area contributed by atoms with Crippen LogP contribution in [0.4, 0.5) is 0 Å². The molecular formula is C23H26N6O. The minimum absolute atomic E-state index is 0.153. The first kappa shape index (κ1) is 19.8. The molecule has 1 aliphatic carbocycles. The third kappa shape index (κ3) is 3.45. The molecule has 1 aromatic heterocycles. The first-order valence-electron chi connectivity index (χ1n) is 10.3. The van der Waals surface area contributed by atoms with Crippen LogP contribution in [0.1, 0.15) is 44.1 Å². The molecule has 3 N–H and O–H groups in total. The van der Waals surface area contributed by atoms with E-state index < -0.39 is 0 Å². The average Bonchev–Trinajstić information content (AvgIpc) is 3.26. The maximum atomic E-state index is 9.94. The summed E-state index contributed by atoms with van der Waals surface area (Å²) in [6.07, 6.45) is 9.90. The first-order chi connectivity index (χ1) is 14.7. The van der Waals surface area contributed by atoms with Crippen LogP contribution in [0.15, 0.2) is 71.5 Å². The summed E-state index contributed by atoms with van der Waals surface area (Å²) in [6.45, 7) is 2.14. The molecule has 30 heavy (non-hydrogen) atoms. The predicted octanol–water partition coefficient (Wildman–Crippen LogP) is 3.64. The lowest BCUT2D eigenvalue weighted by Crippen LogP contribution is -2.29. The van der Waals surface area contributed by atoms with Gasteiger partial charge in [0, 0.05) is 12.6 Å². The van der Waals surface area contributed by atoms with Gasteiger partial charge in [-0.1, -0.05) is 31.6 Å². The minimum Gasteiger partial charge on any atom is -0.424 e. The van der Waals surface area contributed by atoms with Gasteiger partial charge >= 0.3 is 0 Å². The van der Waals surface area contributed by atoms with E-state index in [0.717, 1.165) is 36.1 Å². The second kappa shape index (κ2) is 8.46. The lowest BCUT2D eigenvalue weighted by atomic mass is 9.71. The Morgan fingerprint density at radius 3 is 2.67 bits per heavy atom. The summed E-state index contributed by atoms with van der Waals surface area (Å²) >= 11 is 0. The highest BCUT2D eigenvalue weighted by Crippen LogP contribution is 2.47. The molecule has 1 atom stereocenters. The number of nitrogens with zero attached hydrogens (tertiary/aromatic N) is 4. The second-order valence-electron chi connectivity index (χ2n) is 7.54. The van der Waals surface area contributed by atoms with Gasteiger partial charge in [0.05, 0.1) is 11.6 Å². The molecule has 154 valence electrons. The Hall–Kier alpha value is -3.53. The molecule has 1 aromatic carbocycles.